The first-order valence-electron chi connectivity index (χ1n) is 12.1. The van der Waals surface area contributed by atoms with Crippen LogP contribution < -0.4 is 19.6 Å². The third-order valence-electron chi connectivity index (χ3n) is 6.25. The number of furan rings is 1. The number of hydrogen-bond donors (Lipinski definition) is 0. The van der Waals surface area contributed by atoms with Crippen LogP contribution in [0.3, 0.4) is 0 Å². The number of halogens is 1. The van der Waals surface area contributed by atoms with Crippen LogP contribution in [0.25, 0.3) is 17.4 Å². The van der Waals surface area contributed by atoms with Gasteiger partial charge in [0.25, 0.3) is 11.2 Å². The fourth-order valence-electron chi connectivity index (χ4n) is 4.49. The maximum atomic E-state index is 13.8. The average molecular weight is 580 g/mol. The van der Waals surface area contributed by atoms with Crippen LogP contribution in [-0.4, -0.2) is 29.2 Å². The van der Waals surface area contributed by atoms with E-state index in [1.165, 1.54) is 29.9 Å². The summed E-state index contributed by atoms with van der Waals surface area (Å²) < 4.78 is 18.3. The van der Waals surface area contributed by atoms with E-state index in [-0.39, 0.29) is 39.8 Å². The van der Waals surface area contributed by atoms with Gasteiger partial charge in [0, 0.05) is 17.2 Å². The normalized spacial score (nSPS) is 15.0. The lowest BCUT2D eigenvalue weighted by molar-refractivity contribution is -0.384. The van der Waals surface area contributed by atoms with Gasteiger partial charge < -0.3 is 13.9 Å². The molecule has 1 aliphatic heterocycles. The Balaban J connectivity index is 1.64. The first kappa shape index (κ1) is 27.1. The number of ether oxygens (including phenoxy) is 2. The molecule has 10 nitrogen and oxygen atoms in total. The molecule has 2 aromatic heterocycles. The van der Waals surface area contributed by atoms with Crippen molar-refractivity contribution < 1.29 is 23.6 Å². The molecule has 2 aromatic carbocycles. The van der Waals surface area contributed by atoms with E-state index < -0.39 is 16.9 Å². The predicted octanol–water partition coefficient (Wildman–Crippen LogP) is 4.63. The smallest absolute Gasteiger partial charge is 0.338 e. The molecule has 1 atom stereocenters. The second-order valence-electron chi connectivity index (χ2n) is 8.70. The van der Waals surface area contributed by atoms with Gasteiger partial charge in [-0.25, -0.2) is 9.79 Å². The molecule has 0 aliphatic carbocycles. The number of nitrogens with zero attached hydrogens (tertiary/aromatic N) is 3. The van der Waals surface area contributed by atoms with E-state index in [1.807, 2.05) is 0 Å². The quantitative estimate of drug-likeness (QED) is 0.177. The maximum Gasteiger partial charge on any atom is 0.338 e. The molecule has 0 unspecified atom stereocenters. The van der Waals surface area contributed by atoms with Crippen molar-refractivity contribution in [3.8, 4) is 17.1 Å². The number of nitro groups is 1. The van der Waals surface area contributed by atoms with Gasteiger partial charge in [-0.05, 0) is 55.8 Å². The number of carbonyl (C=O) groups is 1. The van der Waals surface area contributed by atoms with Gasteiger partial charge in [0.15, 0.2) is 4.80 Å². The van der Waals surface area contributed by atoms with Crippen molar-refractivity contribution in [3.63, 3.8) is 0 Å². The van der Waals surface area contributed by atoms with Crippen LogP contribution in [0.5, 0.6) is 5.75 Å². The SMILES string of the molecule is CCOC(=O)C1=C(C)N=c2s/c(=C\c3ccc(-c4ccc(Cl)cc4[N+](=O)[O-])o3)c(=O)n2[C@@H]1c1cccc(OC)c1. The highest BCUT2D eigenvalue weighted by atomic mass is 35.5. The maximum absolute atomic E-state index is 13.8. The van der Waals surface area contributed by atoms with Crippen LogP contribution in [0.4, 0.5) is 5.69 Å². The zero-order valence-electron chi connectivity index (χ0n) is 21.5. The van der Waals surface area contributed by atoms with Crippen LogP contribution in [-0.2, 0) is 9.53 Å². The summed E-state index contributed by atoms with van der Waals surface area (Å²) in [6.07, 6.45) is 1.54. The third kappa shape index (κ3) is 4.96. The van der Waals surface area contributed by atoms with Gasteiger partial charge in [0.2, 0.25) is 0 Å². The Morgan fingerprint density at radius 2 is 2.05 bits per heavy atom. The summed E-state index contributed by atoms with van der Waals surface area (Å²) in [4.78, 5) is 42.8. The fraction of sp³-hybridized carbons (Fsp3) is 0.179. The van der Waals surface area contributed by atoms with Crippen molar-refractivity contribution in [1.29, 1.82) is 0 Å². The van der Waals surface area contributed by atoms with Gasteiger partial charge in [0.05, 0.1) is 46.0 Å². The molecular formula is C28H22ClN3O7S. The summed E-state index contributed by atoms with van der Waals surface area (Å²) in [5.74, 6) is 0.559. The van der Waals surface area contributed by atoms with Gasteiger partial charge in [-0.3, -0.25) is 19.5 Å². The summed E-state index contributed by atoms with van der Waals surface area (Å²) in [5.41, 5.74) is 1.01. The molecule has 12 heteroatoms. The van der Waals surface area contributed by atoms with E-state index in [0.717, 1.165) is 11.3 Å². The van der Waals surface area contributed by atoms with Crippen LogP contribution in [0.15, 0.2) is 80.1 Å². The largest absolute Gasteiger partial charge is 0.497 e. The van der Waals surface area contributed by atoms with Gasteiger partial charge >= 0.3 is 5.97 Å². The number of allylic oxidation sites excluding steroid dienone is 1. The Morgan fingerprint density at radius 1 is 1.25 bits per heavy atom. The molecule has 40 heavy (non-hydrogen) atoms. The average Bonchev–Trinajstić information content (AvgIpc) is 3.52. The van der Waals surface area contributed by atoms with Crippen molar-refractivity contribution >= 4 is 40.7 Å². The first-order valence-corrected chi connectivity index (χ1v) is 13.3. The van der Waals surface area contributed by atoms with Gasteiger partial charge in [-0.2, -0.15) is 0 Å². The molecule has 0 saturated heterocycles. The van der Waals surface area contributed by atoms with Crippen molar-refractivity contribution in [2.45, 2.75) is 19.9 Å². The molecule has 0 amide bonds. The number of thiazole rings is 1. The minimum absolute atomic E-state index is 0.164. The minimum Gasteiger partial charge on any atom is -0.497 e. The summed E-state index contributed by atoms with van der Waals surface area (Å²) >= 11 is 7.07. The van der Waals surface area contributed by atoms with Crippen LogP contribution in [0.2, 0.25) is 5.02 Å². The zero-order valence-corrected chi connectivity index (χ0v) is 23.1. The molecular weight excluding hydrogens is 558 g/mol. The lowest BCUT2D eigenvalue weighted by atomic mass is 9.95. The van der Waals surface area contributed by atoms with E-state index in [9.17, 15) is 19.7 Å². The molecule has 0 radical (unpaired) electrons. The minimum atomic E-state index is -0.795. The fourth-order valence-corrected chi connectivity index (χ4v) is 5.68. The monoisotopic (exact) mass is 579 g/mol. The van der Waals surface area contributed by atoms with E-state index in [0.29, 0.717) is 32.1 Å². The number of methoxy groups -OCH3 is 1. The standard InChI is InChI=1S/C28H22ClN3O7S/c1-4-38-27(34)24-15(2)30-28-31(25(24)16-6-5-7-18(12-16)37-3)26(33)23(40-28)14-19-9-11-22(39-19)20-10-8-17(29)13-21(20)32(35)36/h5-14,25H,4H2,1-3H3/b23-14-/t25-/m1/s1. The Kier molecular flexibility index (Phi) is 7.42. The summed E-state index contributed by atoms with van der Waals surface area (Å²) in [6.45, 7) is 3.58. The number of nitro benzene ring substituents is 1. The number of rotatable bonds is 7. The molecule has 0 N–H and O–H groups in total. The number of aromatic nitrogens is 1. The highest BCUT2D eigenvalue weighted by Crippen LogP contribution is 2.34. The number of esters is 1. The molecule has 3 heterocycles. The molecule has 5 rings (SSSR count). The van der Waals surface area contributed by atoms with Crippen molar-refractivity contribution in [2.24, 2.45) is 4.99 Å². The predicted molar refractivity (Wildman–Crippen MR) is 149 cm³/mol. The van der Waals surface area contributed by atoms with E-state index in [1.54, 1.807) is 56.3 Å². The highest BCUT2D eigenvalue weighted by molar-refractivity contribution is 7.07. The third-order valence-corrected chi connectivity index (χ3v) is 7.47. The Morgan fingerprint density at radius 3 is 2.77 bits per heavy atom. The molecule has 0 saturated carbocycles. The molecule has 1 aliphatic rings. The number of carbonyl (C=O) groups excluding carboxylic acids is 1. The summed E-state index contributed by atoms with van der Waals surface area (Å²) in [7, 11) is 1.54. The number of hydrogen-bond acceptors (Lipinski definition) is 9. The Labute approximate surface area is 236 Å². The number of benzene rings is 2. The van der Waals surface area contributed by atoms with E-state index in [2.05, 4.69) is 4.99 Å². The van der Waals surface area contributed by atoms with Crippen LogP contribution in [0.1, 0.15) is 31.2 Å². The van der Waals surface area contributed by atoms with Crippen molar-refractivity contribution in [1.82, 2.24) is 4.57 Å². The van der Waals surface area contributed by atoms with Crippen LogP contribution in [0, 0.1) is 10.1 Å². The molecule has 0 spiro atoms. The lowest BCUT2D eigenvalue weighted by Crippen LogP contribution is -2.39. The lowest BCUT2D eigenvalue weighted by Gasteiger charge is -2.24. The zero-order chi connectivity index (χ0) is 28.6. The molecule has 0 bridgehead atoms. The van der Waals surface area contributed by atoms with Crippen LogP contribution >= 0.6 is 22.9 Å². The van der Waals surface area contributed by atoms with Crippen molar-refractivity contribution in [3.05, 3.63) is 112 Å². The van der Waals surface area contributed by atoms with Gasteiger partial charge in [0.1, 0.15) is 17.3 Å². The Bertz CT molecular complexity index is 1870. The summed E-state index contributed by atoms with van der Waals surface area (Å²) in [5, 5.41) is 11.8. The second kappa shape index (κ2) is 10.9. The van der Waals surface area contributed by atoms with E-state index in [4.69, 9.17) is 25.5 Å². The summed E-state index contributed by atoms with van der Waals surface area (Å²) in [6, 6.07) is 13.8. The molecule has 204 valence electrons. The molecule has 4 aromatic rings. The second-order valence-corrected chi connectivity index (χ2v) is 10.1. The highest BCUT2D eigenvalue weighted by Gasteiger charge is 2.33. The number of fused-ring (bicyclic) bond motifs is 1. The molecule has 0 fully saturated rings. The first-order chi connectivity index (χ1) is 19.2. The van der Waals surface area contributed by atoms with E-state index >= 15 is 0 Å². The van der Waals surface area contributed by atoms with Gasteiger partial charge in [-0.1, -0.05) is 35.1 Å². The Hall–Kier alpha value is -4.48. The van der Waals surface area contributed by atoms with Crippen molar-refractivity contribution in [2.75, 3.05) is 13.7 Å². The van der Waals surface area contributed by atoms with Gasteiger partial charge in [-0.15, -0.1) is 0 Å². The topological polar surface area (TPSA) is 126 Å².